The summed E-state index contributed by atoms with van der Waals surface area (Å²) in [5, 5.41) is 10.5. The van der Waals surface area contributed by atoms with E-state index in [4.69, 9.17) is 0 Å². The summed E-state index contributed by atoms with van der Waals surface area (Å²) in [7, 11) is 0. The fourth-order valence-electron chi connectivity index (χ4n) is 4.40. The number of ketones is 3. The third-order valence-electron chi connectivity index (χ3n) is 6.20. The quantitative estimate of drug-likeness (QED) is 0.423. The van der Waals surface area contributed by atoms with E-state index in [0.29, 0.717) is 5.56 Å². The molecule has 0 bridgehead atoms. The number of nitrogens with zero attached hydrogens (tertiary/aromatic N) is 2. The van der Waals surface area contributed by atoms with Crippen LogP contribution >= 0.6 is 0 Å². The number of hydrogen-bond donors (Lipinski definition) is 1. The molecule has 0 amide bonds. The van der Waals surface area contributed by atoms with Gasteiger partial charge in [-0.2, -0.15) is 0 Å². The summed E-state index contributed by atoms with van der Waals surface area (Å²) >= 11 is 0. The predicted molar refractivity (Wildman–Crippen MR) is 117 cm³/mol. The fraction of sp³-hybridized carbons (Fsp3) is 0.458. The van der Waals surface area contributed by atoms with E-state index < -0.39 is 5.92 Å². The van der Waals surface area contributed by atoms with Crippen molar-refractivity contribution < 1.29 is 19.5 Å². The van der Waals surface area contributed by atoms with E-state index in [0.717, 1.165) is 31.9 Å². The minimum Gasteiger partial charge on any atom is -0.508 e. The Morgan fingerprint density at radius 3 is 2.10 bits per heavy atom. The highest BCUT2D eigenvalue weighted by molar-refractivity contribution is 6.44. The standard InChI is InChI=1S/C24H30N2O4/c1-5-25(6-2)15-9-11-17(19(27)13-15)21-23(29)22(24(21)30)18-12-10-16(14-20(18)28)26(7-3)8-4/h9-13,16,21,27H,5-8,14H2,1-4H3. The highest BCUT2D eigenvalue weighted by Crippen LogP contribution is 2.42. The van der Waals surface area contributed by atoms with E-state index in [1.54, 1.807) is 18.2 Å². The van der Waals surface area contributed by atoms with Gasteiger partial charge in [0, 0.05) is 48.4 Å². The number of allylic oxidation sites excluding steroid dienone is 3. The Balaban J connectivity index is 1.86. The van der Waals surface area contributed by atoms with Gasteiger partial charge in [0.25, 0.3) is 0 Å². The molecule has 1 aromatic carbocycles. The molecule has 1 aromatic rings. The molecule has 1 saturated carbocycles. The molecule has 30 heavy (non-hydrogen) atoms. The van der Waals surface area contributed by atoms with Crippen LogP contribution in [-0.4, -0.2) is 59.6 Å². The van der Waals surface area contributed by atoms with Crippen molar-refractivity contribution in [1.29, 1.82) is 0 Å². The van der Waals surface area contributed by atoms with Crippen molar-refractivity contribution in [3.63, 3.8) is 0 Å². The van der Waals surface area contributed by atoms with Crippen LogP contribution in [0.4, 0.5) is 5.69 Å². The van der Waals surface area contributed by atoms with Gasteiger partial charge in [-0.3, -0.25) is 19.3 Å². The first-order valence-electron chi connectivity index (χ1n) is 10.7. The van der Waals surface area contributed by atoms with Crippen molar-refractivity contribution in [2.45, 2.75) is 46.1 Å². The molecule has 0 aliphatic heterocycles. The number of aromatic hydroxyl groups is 1. The molecular weight excluding hydrogens is 380 g/mol. The van der Waals surface area contributed by atoms with Crippen molar-refractivity contribution in [3.8, 4) is 5.75 Å². The van der Waals surface area contributed by atoms with Crippen molar-refractivity contribution in [3.05, 3.63) is 47.1 Å². The Hall–Kier alpha value is -2.73. The van der Waals surface area contributed by atoms with Crippen molar-refractivity contribution in [1.82, 2.24) is 4.90 Å². The number of carbonyl (C=O) groups excluding carboxylic acids is 3. The Kier molecular flexibility index (Phi) is 6.56. The van der Waals surface area contributed by atoms with Crippen LogP contribution in [0, 0.1) is 0 Å². The maximum atomic E-state index is 12.8. The minimum atomic E-state index is -1.03. The molecule has 1 N–H and O–H groups in total. The molecule has 3 rings (SSSR count). The lowest BCUT2D eigenvalue weighted by atomic mass is 9.69. The monoisotopic (exact) mass is 410 g/mol. The fourth-order valence-corrected chi connectivity index (χ4v) is 4.40. The van der Waals surface area contributed by atoms with Gasteiger partial charge < -0.3 is 10.0 Å². The molecule has 160 valence electrons. The maximum Gasteiger partial charge on any atom is 0.182 e. The van der Waals surface area contributed by atoms with Gasteiger partial charge in [-0.05, 0) is 33.0 Å². The number of Topliss-reactive ketones (excluding diaryl/α,β-unsaturated/α-hetero) is 3. The number of benzene rings is 1. The highest BCUT2D eigenvalue weighted by Gasteiger charge is 2.48. The SMILES string of the molecule is CCN(CC)c1ccc(C2C(=O)C(=C3C=CC(N(CC)CC)CC3=O)C2=O)c(O)c1. The summed E-state index contributed by atoms with van der Waals surface area (Å²) in [5.41, 5.74) is 1.33. The molecule has 6 heteroatoms. The summed E-state index contributed by atoms with van der Waals surface area (Å²) in [6.45, 7) is 11.3. The van der Waals surface area contributed by atoms with Crippen molar-refractivity contribution >= 4 is 23.0 Å². The third-order valence-corrected chi connectivity index (χ3v) is 6.20. The van der Waals surface area contributed by atoms with Crippen molar-refractivity contribution in [2.24, 2.45) is 0 Å². The lowest BCUT2D eigenvalue weighted by Gasteiger charge is -2.32. The van der Waals surface area contributed by atoms with Crippen LogP contribution in [0.15, 0.2) is 41.5 Å². The minimum absolute atomic E-state index is 0.00501. The van der Waals surface area contributed by atoms with Crippen LogP contribution in [0.5, 0.6) is 5.75 Å². The Morgan fingerprint density at radius 2 is 1.60 bits per heavy atom. The number of likely N-dealkylation sites (N-methyl/N-ethyl adjacent to an activating group) is 1. The average Bonchev–Trinajstić information content (AvgIpc) is 2.73. The average molecular weight is 411 g/mol. The Morgan fingerprint density at radius 1 is 0.967 bits per heavy atom. The van der Waals surface area contributed by atoms with Gasteiger partial charge in [0.05, 0.1) is 5.57 Å². The van der Waals surface area contributed by atoms with E-state index in [-0.39, 0.29) is 46.7 Å². The molecule has 2 aliphatic carbocycles. The third kappa shape index (κ3) is 3.72. The van der Waals surface area contributed by atoms with Gasteiger partial charge in [-0.1, -0.05) is 32.1 Å². The van der Waals surface area contributed by atoms with E-state index in [1.807, 2.05) is 39.8 Å². The van der Waals surface area contributed by atoms with E-state index in [1.165, 1.54) is 0 Å². The van der Waals surface area contributed by atoms with Crippen LogP contribution < -0.4 is 4.90 Å². The molecule has 0 radical (unpaired) electrons. The summed E-state index contributed by atoms with van der Waals surface area (Å²) in [6, 6.07) is 5.04. The van der Waals surface area contributed by atoms with Gasteiger partial charge in [0.1, 0.15) is 11.7 Å². The number of hydrogen-bond acceptors (Lipinski definition) is 6. The second-order valence-electron chi connectivity index (χ2n) is 7.64. The smallest absolute Gasteiger partial charge is 0.182 e. The topological polar surface area (TPSA) is 77.9 Å². The number of carbonyl (C=O) groups is 3. The van der Waals surface area contributed by atoms with Gasteiger partial charge in [0.2, 0.25) is 0 Å². The van der Waals surface area contributed by atoms with E-state index in [9.17, 15) is 19.5 Å². The van der Waals surface area contributed by atoms with Crippen LogP contribution in [0.2, 0.25) is 0 Å². The first kappa shape index (κ1) is 22.0. The van der Waals surface area contributed by atoms with Gasteiger partial charge in [0.15, 0.2) is 17.3 Å². The molecule has 1 fully saturated rings. The molecule has 0 saturated heterocycles. The van der Waals surface area contributed by atoms with Crippen LogP contribution in [0.1, 0.15) is 45.6 Å². The molecular formula is C24H30N2O4. The zero-order chi connectivity index (χ0) is 22.0. The molecule has 0 aromatic heterocycles. The zero-order valence-corrected chi connectivity index (χ0v) is 18.1. The lowest BCUT2D eigenvalue weighted by molar-refractivity contribution is -0.134. The largest absolute Gasteiger partial charge is 0.508 e. The Bertz CT molecular complexity index is 905. The first-order valence-corrected chi connectivity index (χ1v) is 10.7. The summed E-state index contributed by atoms with van der Waals surface area (Å²) in [6.07, 6.45) is 3.80. The number of phenolic OH excluding ortho intramolecular Hbond substituents is 1. The van der Waals surface area contributed by atoms with E-state index in [2.05, 4.69) is 9.80 Å². The molecule has 6 nitrogen and oxygen atoms in total. The summed E-state index contributed by atoms with van der Waals surface area (Å²) in [4.78, 5) is 42.6. The molecule has 2 aliphatic rings. The van der Waals surface area contributed by atoms with Crippen LogP contribution in [0.25, 0.3) is 0 Å². The first-order chi connectivity index (χ1) is 14.4. The van der Waals surface area contributed by atoms with Crippen LogP contribution in [0.3, 0.4) is 0 Å². The van der Waals surface area contributed by atoms with Gasteiger partial charge >= 0.3 is 0 Å². The summed E-state index contributed by atoms with van der Waals surface area (Å²) in [5.74, 6) is -2.05. The molecule has 1 unspecified atom stereocenters. The van der Waals surface area contributed by atoms with E-state index >= 15 is 0 Å². The predicted octanol–water partition coefficient (Wildman–Crippen LogP) is 3.01. The molecule has 1 atom stereocenters. The lowest BCUT2D eigenvalue weighted by Crippen LogP contribution is -2.42. The highest BCUT2D eigenvalue weighted by atomic mass is 16.3. The summed E-state index contributed by atoms with van der Waals surface area (Å²) < 4.78 is 0. The maximum absolute atomic E-state index is 12.8. The zero-order valence-electron chi connectivity index (χ0n) is 18.1. The molecule has 0 heterocycles. The normalized spacial score (nSPS) is 21.4. The van der Waals surface area contributed by atoms with Gasteiger partial charge in [-0.25, -0.2) is 0 Å². The number of phenols is 1. The number of anilines is 1. The van der Waals surface area contributed by atoms with Gasteiger partial charge in [-0.15, -0.1) is 0 Å². The number of rotatable bonds is 7. The second-order valence-corrected chi connectivity index (χ2v) is 7.64. The molecule has 0 spiro atoms. The second kappa shape index (κ2) is 8.96. The van der Waals surface area contributed by atoms with Crippen molar-refractivity contribution in [2.75, 3.05) is 31.1 Å². The Labute approximate surface area is 177 Å². The van der Waals surface area contributed by atoms with Crippen LogP contribution in [-0.2, 0) is 14.4 Å².